The van der Waals surface area contributed by atoms with Gasteiger partial charge in [0, 0.05) is 37.8 Å². The molecule has 3 amide bonds. The van der Waals surface area contributed by atoms with Gasteiger partial charge in [-0.15, -0.1) is 0 Å². The molecule has 39 heavy (non-hydrogen) atoms. The Hall–Kier alpha value is -4.07. The minimum absolute atomic E-state index is 0.0274. The van der Waals surface area contributed by atoms with E-state index in [-0.39, 0.29) is 44.2 Å². The van der Waals surface area contributed by atoms with Crippen LogP contribution in [0.1, 0.15) is 69.2 Å². The minimum Gasteiger partial charge on any atom is -0.481 e. The lowest BCUT2D eigenvalue weighted by molar-refractivity contribution is -0.143. The Kier molecular flexibility index (Phi) is 14.7. The molecule has 0 saturated carbocycles. The molecule has 14 nitrogen and oxygen atoms in total. The van der Waals surface area contributed by atoms with E-state index in [4.69, 9.17) is 10.2 Å². The van der Waals surface area contributed by atoms with Crippen molar-refractivity contribution in [2.75, 3.05) is 6.54 Å². The molecule has 3 unspecified atom stereocenters. The summed E-state index contributed by atoms with van der Waals surface area (Å²) in [6.45, 7) is 3.76. The van der Waals surface area contributed by atoms with Gasteiger partial charge in [0.25, 0.3) is 5.91 Å². The fourth-order valence-electron chi connectivity index (χ4n) is 3.57. The van der Waals surface area contributed by atoms with Crippen LogP contribution in [0.3, 0.4) is 0 Å². The highest BCUT2D eigenvalue weighted by atomic mass is 16.4. The number of carboxylic acids is 3. The molecule has 216 valence electrons. The van der Waals surface area contributed by atoms with Crippen molar-refractivity contribution in [2.24, 2.45) is 0 Å². The minimum atomic E-state index is -1.35. The number of carbonyl (C=O) groups is 6. The number of nitrogens with zero attached hydrogens (tertiary/aromatic N) is 1. The van der Waals surface area contributed by atoms with E-state index >= 15 is 0 Å². The summed E-state index contributed by atoms with van der Waals surface area (Å²) in [5, 5.41) is 38.0. The second kappa shape index (κ2) is 17.4. The van der Waals surface area contributed by atoms with Gasteiger partial charge in [-0.25, -0.2) is 4.79 Å². The third-order valence-corrected chi connectivity index (χ3v) is 5.52. The van der Waals surface area contributed by atoms with Crippen LogP contribution in [-0.2, 0) is 24.0 Å². The van der Waals surface area contributed by atoms with E-state index in [2.05, 4.69) is 26.3 Å². The molecule has 1 rings (SSSR count). The first kappa shape index (κ1) is 33.0. The Bertz CT molecular complexity index is 987. The monoisotopic (exact) mass is 551 g/mol. The van der Waals surface area contributed by atoms with E-state index in [0.717, 1.165) is 0 Å². The van der Waals surface area contributed by atoms with Gasteiger partial charge in [0.05, 0.1) is 11.6 Å². The molecular formula is C25H37N5O9. The number of rotatable bonds is 19. The van der Waals surface area contributed by atoms with Crippen LogP contribution in [0, 0.1) is 0 Å². The number of carboxylic acid groups (broad SMARTS) is 3. The van der Waals surface area contributed by atoms with E-state index < -0.39 is 54.3 Å². The Morgan fingerprint density at radius 3 is 1.95 bits per heavy atom. The predicted octanol–water partition coefficient (Wildman–Crippen LogP) is 0.132. The van der Waals surface area contributed by atoms with Crippen LogP contribution in [0.15, 0.2) is 24.5 Å². The van der Waals surface area contributed by atoms with Crippen molar-refractivity contribution in [2.45, 2.75) is 83.0 Å². The Morgan fingerprint density at radius 2 is 1.41 bits per heavy atom. The maximum atomic E-state index is 12.9. The van der Waals surface area contributed by atoms with Crippen molar-refractivity contribution in [3.63, 3.8) is 0 Å². The van der Waals surface area contributed by atoms with Crippen LogP contribution in [0.2, 0.25) is 0 Å². The molecule has 1 aromatic rings. The number of nitrogens with one attached hydrogen (secondary N) is 4. The smallest absolute Gasteiger partial charge is 0.326 e. The van der Waals surface area contributed by atoms with Gasteiger partial charge in [-0.3, -0.25) is 29.0 Å². The largest absolute Gasteiger partial charge is 0.481 e. The van der Waals surface area contributed by atoms with E-state index in [9.17, 15) is 33.9 Å². The van der Waals surface area contributed by atoms with Crippen molar-refractivity contribution in [3.8, 4) is 0 Å². The Morgan fingerprint density at radius 1 is 0.821 bits per heavy atom. The number of hydrogen-bond donors (Lipinski definition) is 7. The number of pyridine rings is 1. The zero-order chi connectivity index (χ0) is 29.4. The lowest BCUT2D eigenvalue weighted by atomic mass is 10.1. The van der Waals surface area contributed by atoms with Crippen molar-refractivity contribution >= 4 is 35.6 Å². The molecule has 7 N–H and O–H groups in total. The van der Waals surface area contributed by atoms with E-state index in [1.807, 2.05) is 0 Å². The van der Waals surface area contributed by atoms with Gasteiger partial charge in [-0.2, -0.15) is 0 Å². The normalized spacial score (nSPS) is 13.1. The summed E-state index contributed by atoms with van der Waals surface area (Å²) in [6.07, 6.45) is 2.60. The first-order chi connectivity index (χ1) is 18.4. The molecule has 1 aromatic heterocycles. The van der Waals surface area contributed by atoms with Crippen molar-refractivity contribution < 1.29 is 44.1 Å². The zero-order valence-electron chi connectivity index (χ0n) is 22.0. The van der Waals surface area contributed by atoms with Crippen molar-refractivity contribution in [1.82, 2.24) is 26.3 Å². The third-order valence-electron chi connectivity index (χ3n) is 5.52. The van der Waals surface area contributed by atoms with Crippen LogP contribution in [0.5, 0.6) is 0 Å². The Labute approximate surface area is 226 Å². The second-order valence-corrected chi connectivity index (χ2v) is 9.19. The van der Waals surface area contributed by atoms with Gasteiger partial charge in [-0.1, -0.05) is 13.8 Å². The molecule has 0 radical (unpaired) electrons. The van der Waals surface area contributed by atoms with Gasteiger partial charge in [0.15, 0.2) is 0 Å². The summed E-state index contributed by atoms with van der Waals surface area (Å²) in [7, 11) is 0. The number of hydrogen-bond acceptors (Lipinski definition) is 8. The average molecular weight is 552 g/mol. The lowest BCUT2D eigenvalue weighted by Crippen LogP contribution is -2.56. The van der Waals surface area contributed by atoms with E-state index in [1.165, 1.54) is 12.4 Å². The first-order valence-electron chi connectivity index (χ1n) is 12.6. The predicted molar refractivity (Wildman–Crippen MR) is 138 cm³/mol. The van der Waals surface area contributed by atoms with Gasteiger partial charge in [0.2, 0.25) is 11.8 Å². The number of unbranched alkanes of at least 4 members (excludes halogenated alkanes) is 1. The summed E-state index contributed by atoms with van der Waals surface area (Å²) in [6, 6.07) is -0.587. The Balaban J connectivity index is 2.74. The van der Waals surface area contributed by atoms with Crippen molar-refractivity contribution in [1.29, 1.82) is 0 Å². The molecule has 14 heteroatoms. The van der Waals surface area contributed by atoms with Gasteiger partial charge < -0.3 is 36.6 Å². The zero-order valence-corrected chi connectivity index (χ0v) is 22.0. The molecule has 1 heterocycles. The van der Waals surface area contributed by atoms with Gasteiger partial charge in [-0.05, 0) is 44.2 Å². The molecule has 0 aliphatic heterocycles. The molecule has 0 aliphatic rings. The molecule has 3 atom stereocenters. The average Bonchev–Trinajstić information content (AvgIpc) is 2.87. The summed E-state index contributed by atoms with van der Waals surface area (Å²) >= 11 is 0. The molecular weight excluding hydrogens is 514 g/mol. The summed E-state index contributed by atoms with van der Waals surface area (Å²) in [5.41, 5.74) is 0.386. The van der Waals surface area contributed by atoms with Crippen LogP contribution >= 0.6 is 0 Å². The summed E-state index contributed by atoms with van der Waals surface area (Å²) in [5.74, 6) is -5.54. The van der Waals surface area contributed by atoms with E-state index in [1.54, 1.807) is 26.0 Å². The van der Waals surface area contributed by atoms with Crippen LogP contribution in [0.4, 0.5) is 0 Å². The van der Waals surface area contributed by atoms with E-state index in [0.29, 0.717) is 18.4 Å². The molecule has 0 fully saturated rings. The maximum Gasteiger partial charge on any atom is 0.326 e. The molecule has 0 spiro atoms. The fourth-order valence-corrected chi connectivity index (χ4v) is 3.57. The quantitative estimate of drug-likeness (QED) is 0.114. The lowest BCUT2D eigenvalue weighted by Gasteiger charge is -2.25. The summed E-state index contributed by atoms with van der Waals surface area (Å²) < 4.78 is 0. The highest BCUT2D eigenvalue weighted by molar-refractivity contribution is 5.94. The fraction of sp³-hybridized carbons (Fsp3) is 0.560. The standard InChI is InChI=1S/C25H37N5O9/c1-15(2)28-17(8-10-20(31)32)23(36)29-18(9-11-21(33)34)24(37)30-19(25(38)39)7-3-4-13-27-22(35)16-6-5-12-26-14-16/h5-6,12,14-15,17-19,28H,3-4,7-11,13H2,1-2H3,(H,27,35)(H,29,36)(H,30,37)(H,31,32)(H,33,34)(H,38,39). The second-order valence-electron chi connectivity index (χ2n) is 9.19. The molecule has 0 saturated heterocycles. The highest BCUT2D eigenvalue weighted by Crippen LogP contribution is 2.07. The van der Waals surface area contributed by atoms with Crippen LogP contribution < -0.4 is 21.3 Å². The topological polar surface area (TPSA) is 224 Å². The number of aromatic nitrogens is 1. The number of aliphatic carboxylic acids is 3. The third kappa shape index (κ3) is 13.9. The summed E-state index contributed by atoms with van der Waals surface area (Å²) in [4.78, 5) is 75.4. The number of amides is 3. The first-order valence-corrected chi connectivity index (χ1v) is 12.6. The number of carbonyl (C=O) groups excluding carboxylic acids is 3. The highest BCUT2D eigenvalue weighted by Gasteiger charge is 2.29. The van der Waals surface area contributed by atoms with Crippen LogP contribution in [-0.4, -0.2) is 86.6 Å². The SMILES string of the molecule is CC(C)NC(CCC(=O)O)C(=O)NC(CCC(=O)O)C(=O)NC(CCCCNC(=O)c1cccnc1)C(=O)O. The van der Waals surface area contributed by atoms with Crippen LogP contribution in [0.25, 0.3) is 0 Å². The molecule has 0 aromatic carbocycles. The van der Waals surface area contributed by atoms with Gasteiger partial charge >= 0.3 is 17.9 Å². The molecule has 0 bridgehead atoms. The van der Waals surface area contributed by atoms with Gasteiger partial charge in [0.1, 0.15) is 12.1 Å². The molecule has 0 aliphatic carbocycles. The maximum absolute atomic E-state index is 12.9. The van der Waals surface area contributed by atoms with Crippen molar-refractivity contribution in [3.05, 3.63) is 30.1 Å².